The quantitative estimate of drug-likeness (QED) is 0.403. The van der Waals surface area contributed by atoms with Crippen molar-refractivity contribution >= 4 is 46.4 Å². The number of carbonyl (C=O) groups is 1. The number of nitrogens with zero attached hydrogens (tertiary/aromatic N) is 4. The van der Waals surface area contributed by atoms with Crippen LogP contribution in [-0.4, -0.2) is 23.4 Å². The summed E-state index contributed by atoms with van der Waals surface area (Å²) in [5, 5.41) is 19.1. The second-order valence-electron chi connectivity index (χ2n) is 7.33. The van der Waals surface area contributed by atoms with Gasteiger partial charge >= 0.3 is 0 Å². The summed E-state index contributed by atoms with van der Waals surface area (Å²) in [6.07, 6.45) is 1.71. The van der Waals surface area contributed by atoms with Crippen LogP contribution >= 0.6 is 22.9 Å². The molecule has 4 aromatic rings. The fraction of sp³-hybridized carbons (Fsp3) is 0.0400. The third-order valence-electron chi connectivity index (χ3n) is 5.01. The lowest BCUT2D eigenvalue weighted by Gasteiger charge is -2.18. The summed E-state index contributed by atoms with van der Waals surface area (Å²) >= 11 is 7.45. The number of hydrogen-bond donors (Lipinski definition) is 1. The number of benzene rings is 3. The molecule has 0 unspecified atom stereocenters. The first-order valence-corrected chi connectivity index (χ1v) is 11.5. The van der Waals surface area contributed by atoms with Gasteiger partial charge in [0.25, 0.3) is 5.91 Å². The Bertz CT molecular complexity index is 1510. The van der Waals surface area contributed by atoms with Crippen LogP contribution in [0, 0.1) is 11.3 Å². The van der Waals surface area contributed by atoms with E-state index in [2.05, 4.69) is 16.5 Å². The second-order valence-corrected chi connectivity index (χ2v) is 8.60. The Morgan fingerprint density at radius 1 is 1.12 bits per heavy atom. The van der Waals surface area contributed by atoms with Crippen molar-refractivity contribution < 1.29 is 9.53 Å². The van der Waals surface area contributed by atoms with Crippen LogP contribution in [0.3, 0.4) is 0 Å². The van der Waals surface area contributed by atoms with Crippen LogP contribution in [0.25, 0.3) is 11.3 Å². The molecule has 166 valence electrons. The standard InChI is InChI=1S/C25H16ClN5O2S/c26-19-6-8-20(9-7-19)29-25-31(28-13-17-3-1-16(12-27)2-4-17)22(15-34-25)18-5-10-23-21(11-18)30-24(32)14-33-23/h1-11,13,15H,14H2,(H,30,32)/b28-13+,29-25?. The SMILES string of the molecule is N#Cc1ccc(/C=N/n2c(-c3ccc4c(c3)NC(=O)CO4)csc2=Nc2ccc(Cl)cc2)cc1. The Labute approximate surface area is 203 Å². The molecular weight excluding hydrogens is 470 g/mol. The molecule has 0 spiro atoms. The minimum Gasteiger partial charge on any atom is -0.482 e. The van der Waals surface area contributed by atoms with E-state index in [-0.39, 0.29) is 12.5 Å². The van der Waals surface area contributed by atoms with E-state index in [9.17, 15) is 4.79 Å². The zero-order chi connectivity index (χ0) is 23.5. The molecule has 1 aliphatic heterocycles. The van der Waals surface area contributed by atoms with Gasteiger partial charge in [0.1, 0.15) is 5.75 Å². The highest BCUT2D eigenvalue weighted by Crippen LogP contribution is 2.33. The van der Waals surface area contributed by atoms with E-state index in [4.69, 9.17) is 26.6 Å². The number of ether oxygens (including phenoxy) is 1. The molecule has 1 aliphatic rings. The summed E-state index contributed by atoms with van der Waals surface area (Å²) in [5.74, 6) is 0.428. The van der Waals surface area contributed by atoms with Crippen LogP contribution in [0.15, 0.2) is 82.2 Å². The number of rotatable bonds is 4. The van der Waals surface area contributed by atoms with Crippen LogP contribution in [0.4, 0.5) is 11.4 Å². The van der Waals surface area contributed by atoms with Gasteiger partial charge in [-0.2, -0.15) is 10.4 Å². The number of amides is 1. The number of carbonyl (C=O) groups excluding carboxylic acids is 1. The lowest BCUT2D eigenvalue weighted by Crippen LogP contribution is -2.25. The molecule has 0 bridgehead atoms. The monoisotopic (exact) mass is 485 g/mol. The van der Waals surface area contributed by atoms with Crippen molar-refractivity contribution in [3.63, 3.8) is 0 Å². The van der Waals surface area contributed by atoms with E-state index in [0.717, 1.165) is 22.5 Å². The van der Waals surface area contributed by atoms with E-state index < -0.39 is 0 Å². The number of nitrogens with one attached hydrogen (secondary N) is 1. The third kappa shape index (κ3) is 4.62. The van der Waals surface area contributed by atoms with Crippen molar-refractivity contribution in [1.29, 1.82) is 5.26 Å². The molecule has 0 atom stereocenters. The molecule has 0 aliphatic carbocycles. The first-order chi connectivity index (χ1) is 16.6. The van der Waals surface area contributed by atoms with Crippen LogP contribution in [-0.2, 0) is 4.79 Å². The molecule has 3 aromatic carbocycles. The first-order valence-electron chi connectivity index (χ1n) is 10.2. The van der Waals surface area contributed by atoms with Crippen LogP contribution in [0.1, 0.15) is 11.1 Å². The fourth-order valence-electron chi connectivity index (χ4n) is 3.32. The maximum atomic E-state index is 11.8. The van der Waals surface area contributed by atoms with Crippen molar-refractivity contribution in [3.05, 3.63) is 93.1 Å². The molecule has 0 radical (unpaired) electrons. The summed E-state index contributed by atoms with van der Waals surface area (Å²) < 4.78 is 7.22. The van der Waals surface area contributed by atoms with Crippen molar-refractivity contribution in [2.45, 2.75) is 0 Å². The minimum absolute atomic E-state index is 0.00377. The summed E-state index contributed by atoms with van der Waals surface area (Å²) in [5.41, 5.74) is 4.41. The van der Waals surface area contributed by atoms with Gasteiger partial charge in [-0.15, -0.1) is 11.3 Å². The minimum atomic E-state index is -0.194. The average Bonchev–Trinajstić information content (AvgIpc) is 3.26. The highest BCUT2D eigenvalue weighted by atomic mass is 35.5. The molecule has 2 heterocycles. The van der Waals surface area contributed by atoms with E-state index in [0.29, 0.717) is 26.8 Å². The normalized spacial score (nSPS) is 13.3. The zero-order valence-electron chi connectivity index (χ0n) is 17.6. The van der Waals surface area contributed by atoms with E-state index in [1.807, 2.05) is 47.8 Å². The summed E-state index contributed by atoms with van der Waals surface area (Å²) in [4.78, 5) is 17.2. The van der Waals surface area contributed by atoms with Gasteiger partial charge in [-0.25, -0.2) is 9.67 Å². The zero-order valence-corrected chi connectivity index (χ0v) is 19.2. The summed E-state index contributed by atoms with van der Waals surface area (Å²) in [6.45, 7) is 0.00377. The molecular formula is C25H16ClN5O2S. The van der Waals surface area contributed by atoms with Crippen molar-refractivity contribution in [2.24, 2.45) is 10.1 Å². The smallest absolute Gasteiger partial charge is 0.262 e. The van der Waals surface area contributed by atoms with E-state index in [1.165, 1.54) is 11.3 Å². The molecule has 7 nitrogen and oxygen atoms in total. The van der Waals surface area contributed by atoms with Crippen LogP contribution in [0.5, 0.6) is 5.75 Å². The molecule has 0 fully saturated rings. The summed E-state index contributed by atoms with van der Waals surface area (Å²) in [7, 11) is 0. The average molecular weight is 486 g/mol. The largest absolute Gasteiger partial charge is 0.482 e. The Balaban J connectivity index is 1.60. The Morgan fingerprint density at radius 3 is 2.68 bits per heavy atom. The van der Waals surface area contributed by atoms with Gasteiger partial charge in [0.05, 0.1) is 34.9 Å². The number of thiazole rings is 1. The highest BCUT2D eigenvalue weighted by Gasteiger charge is 2.17. The Morgan fingerprint density at radius 2 is 1.91 bits per heavy atom. The highest BCUT2D eigenvalue weighted by molar-refractivity contribution is 7.07. The topological polar surface area (TPSA) is 91.8 Å². The Hall–Kier alpha value is -4.19. The molecule has 0 saturated carbocycles. The van der Waals surface area contributed by atoms with Crippen molar-refractivity contribution in [2.75, 3.05) is 11.9 Å². The second kappa shape index (κ2) is 9.35. The van der Waals surface area contributed by atoms with Gasteiger partial charge in [0, 0.05) is 16.0 Å². The van der Waals surface area contributed by atoms with Crippen molar-refractivity contribution in [3.8, 4) is 23.1 Å². The van der Waals surface area contributed by atoms with Gasteiger partial charge in [-0.3, -0.25) is 4.79 Å². The lowest BCUT2D eigenvalue weighted by molar-refractivity contribution is -0.118. The molecule has 0 saturated heterocycles. The molecule has 34 heavy (non-hydrogen) atoms. The van der Waals surface area contributed by atoms with Gasteiger partial charge in [0.2, 0.25) is 4.80 Å². The first kappa shape index (κ1) is 21.6. The molecule has 5 rings (SSSR count). The lowest BCUT2D eigenvalue weighted by atomic mass is 10.1. The molecule has 9 heteroatoms. The van der Waals surface area contributed by atoms with Crippen LogP contribution < -0.4 is 14.9 Å². The predicted octanol–water partition coefficient (Wildman–Crippen LogP) is 5.19. The third-order valence-corrected chi connectivity index (χ3v) is 6.08. The Kier molecular flexibility index (Phi) is 5.95. The predicted molar refractivity (Wildman–Crippen MR) is 133 cm³/mol. The fourth-order valence-corrected chi connectivity index (χ4v) is 4.31. The maximum Gasteiger partial charge on any atom is 0.262 e. The van der Waals surface area contributed by atoms with E-state index >= 15 is 0 Å². The van der Waals surface area contributed by atoms with E-state index in [1.54, 1.807) is 35.2 Å². The molecule has 1 aromatic heterocycles. The van der Waals surface area contributed by atoms with Gasteiger partial charge in [-0.1, -0.05) is 23.7 Å². The maximum absolute atomic E-state index is 11.8. The van der Waals surface area contributed by atoms with Gasteiger partial charge in [0.15, 0.2) is 6.61 Å². The van der Waals surface area contributed by atoms with Gasteiger partial charge in [-0.05, 0) is 60.2 Å². The molecule has 1 N–H and O–H groups in total. The number of aromatic nitrogens is 1. The number of anilines is 1. The van der Waals surface area contributed by atoms with Gasteiger partial charge < -0.3 is 10.1 Å². The number of nitriles is 1. The number of fused-ring (bicyclic) bond motifs is 1. The van der Waals surface area contributed by atoms with Crippen LogP contribution in [0.2, 0.25) is 5.02 Å². The number of halogens is 1. The molecule has 1 amide bonds. The van der Waals surface area contributed by atoms with Crippen molar-refractivity contribution in [1.82, 2.24) is 4.68 Å². The summed E-state index contributed by atoms with van der Waals surface area (Å²) in [6, 6.07) is 22.1. The number of hydrogen-bond acceptors (Lipinski definition) is 6.